The Morgan fingerprint density at radius 2 is 2.12 bits per heavy atom. The Kier molecular flexibility index (Phi) is 2.37. The molecule has 2 heterocycles. The maximum Gasteiger partial charge on any atom is 0.338 e. The van der Waals surface area contributed by atoms with Crippen molar-refractivity contribution in [1.82, 2.24) is 4.98 Å². The topological polar surface area (TPSA) is 52.3 Å². The van der Waals surface area contributed by atoms with Gasteiger partial charge in [-0.1, -0.05) is 12.1 Å². The molecule has 1 aliphatic rings. The van der Waals surface area contributed by atoms with E-state index in [1.165, 1.54) is 0 Å². The fourth-order valence-electron chi connectivity index (χ4n) is 1.98. The van der Waals surface area contributed by atoms with Crippen LogP contribution >= 0.6 is 11.6 Å². The van der Waals surface area contributed by atoms with Crippen LogP contribution in [0.4, 0.5) is 0 Å². The van der Waals surface area contributed by atoms with Gasteiger partial charge in [0.15, 0.2) is 5.76 Å². The number of ether oxygens (including phenoxy) is 1. The molecule has 4 nitrogen and oxygen atoms in total. The van der Waals surface area contributed by atoms with E-state index in [4.69, 9.17) is 20.8 Å². The Morgan fingerprint density at radius 1 is 1.29 bits per heavy atom. The Hall–Kier alpha value is -1.81. The lowest BCUT2D eigenvalue weighted by Gasteiger charge is -2.17. The quantitative estimate of drug-likeness (QED) is 0.729. The van der Waals surface area contributed by atoms with Gasteiger partial charge in [-0.2, -0.15) is 0 Å². The Morgan fingerprint density at radius 3 is 2.88 bits per heavy atom. The number of hydrogen-bond donors (Lipinski definition) is 0. The van der Waals surface area contributed by atoms with E-state index in [1.54, 1.807) is 18.3 Å². The molecule has 2 aromatic rings. The van der Waals surface area contributed by atoms with Crippen LogP contribution < -0.4 is 0 Å². The van der Waals surface area contributed by atoms with Gasteiger partial charge in [-0.25, -0.2) is 9.78 Å². The van der Waals surface area contributed by atoms with Crippen LogP contribution in [0.5, 0.6) is 0 Å². The smallest absolute Gasteiger partial charge is 0.338 e. The second-order valence-electron chi connectivity index (χ2n) is 3.70. The molecule has 0 saturated heterocycles. The average Bonchev–Trinajstić information content (AvgIpc) is 2.76. The van der Waals surface area contributed by atoms with Crippen LogP contribution in [0.15, 0.2) is 28.8 Å². The molecule has 0 saturated carbocycles. The lowest BCUT2D eigenvalue weighted by molar-refractivity contribution is 0.0480. The van der Waals surface area contributed by atoms with Gasteiger partial charge in [0.2, 0.25) is 0 Å². The zero-order chi connectivity index (χ0) is 11.8. The number of nitrogens with zero attached hydrogens (tertiary/aromatic N) is 1. The van der Waals surface area contributed by atoms with Crippen LogP contribution in [0, 0.1) is 0 Å². The predicted octanol–water partition coefficient (Wildman–Crippen LogP) is 2.71. The Labute approximate surface area is 102 Å². The normalized spacial score (nSPS) is 14.3. The van der Waals surface area contributed by atoms with Crippen molar-refractivity contribution in [3.05, 3.63) is 40.9 Å². The standard InChI is InChI=1S/C12H8ClNO3/c13-12-14-6-10(17-12)8-2-1-3-9-7(8)4-5-16-11(9)15/h1-3,6H,4-5H2. The van der Waals surface area contributed by atoms with Crippen molar-refractivity contribution in [3.63, 3.8) is 0 Å². The Bertz CT molecular complexity index is 591. The highest BCUT2D eigenvalue weighted by atomic mass is 35.5. The number of oxazole rings is 1. The fraction of sp³-hybridized carbons (Fsp3) is 0.167. The van der Waals surface area contributed by atoms with Gasteiger partial charge in [0, 0.05) is 12.0 Å². The zero-order valence-electron chi connectivity index (χ0n) is 8.77. The van der Waals surface area contributed by atoms with Gasteiger partial charge >= 0.3 is 5.97 Å². The van der Waals surface area contributed by atoms with E-state index in [0.29, 0.717) is 24.4 Å². The number of cyclic esters (lactones) is 1. The van der Waals surface area contributed by atoms with Gasteiger partial charge in [0.05, 0.1) is 18.4 Å². The number of fused-ring (bicyclic) bond motifs is 1. The zero-order valence-corrected chi connectivity index (χ0v) is 9.53. The third-order valence-corrected chi connectivity index (χ3v) is 2.90. The summed E-state index contributed by atoms with van der Waals surface area (Å²) >= 11 is 5.65. The van der Waals surface area contributed by atoms with Gasteiger partial charge in [0.1, 0.15) is 0 Å². The summed E-state index contributed by atoms with van der Waals surface area (Å²) in [6, 6.07) is 5.42. The summed E-state index contributed by atoms with van der Waals surface area (Å²) in [7, 11) is 0. The van der Waals surface area contributed by atoms with Crippen LogP contribution in [0.25, 0.3) is 11.3 Å². The molecule has 0 spiro atoms. The molecule has 0 atom stereocenters. The summed E-state index contributed by atoms with van der Waals surface area (Å²) < 4.78 is 10.3. The molecular formula is C12H8ClNO3. The number of rotatable bonds is 1. The highest BCUT2D eigenvalue weighted by molar-refractivity contribution is 6.27. The van der Waals surface area contributed by atoms with Gasteiger partial charge in [0.25, 0.3) is 5.35 Å². The molecule has 1 aliphatic heterocycles. The number of carbonyl (C=O) groups is 1. The highest BCUT2D eigenvalue weighted by Crippen LogP contribution is 2.30. The summed E-state index contributed by atoms with van der Waals surface area (Å²) in [6.45, 7) is 0.394. The first-order valence-corrected chi connectivity index (χ1v) is 5.54. The van der Waals surface area contributed by atoms with Gasteiger partial charge in [-0.05, 0) is 23.2 Å². The molecule has 17 heavy (non-hydrogen) atoms. The maximum atomic E-state index is 11.6. The van der Waals surface area contributed by atoms with Crippen molar-refractivity contribution in [2.24, 2.45) is 0 Å². The van der Waals surface area contributed by atoms with Crippen molar-refractivity contribution in [2.45, 2.75) is 6.42 Å². The van der Waals surface area contributed by atoms with Crippen molar-refractivity contribution in [3.8, 4) is 11.3 Å². The van der Waals surface area contributed by atoms with E-state index in [1.807, 2.05) is 6.07 Å². The van der Waals surface area contributed by atoms with Crippen molar-refractivity contribution < 1.29 is 13.9 Å². The fourth-order valence-corrected chi connectivity index (χ4v) is 2.11. The first-order valence-electron chi connectivity index (χ1n) is 5.16. The van der Waals surface area contributed by atoms with Gasteiger partial charge < -0.3 is 9.15 Å². The van der Waals surface area contributed by atoms with E-state index in [0.717, 1.165) is 11.1 Å². The lowest BCUT2D eigenvalue weighted by atomic mass is 9.96. The third-order valence-electron chi connectivity index (χ3n) is 2.72. The highest BCUT2D eigenvalue weighted by Gasteiger charge is 2.22. The molecule has 0 aliphatic carbocycles. The monoisotopic (exact) mass is 249 g/mol. The molecule has 86 valence electrons. The van der Waals surface area contributed by atoms with Crippen LogP contribution in [0.3, 0.4) is 0 Å². The first kappa shape index (κ1) is 10.4. The molecule has 5 heteroatoms. The van der Waals surface area contributed by atoms with Crippen LogP contribution in [-0.4, -0.2) is 17.6 Å². The predicted molar refractivity (Wildman–Crippen MR) is 60.9 cm³/mol. The number of esters is 1. The Balaban J connectivity index is 2.18. The number of hydrogen-bond acceptors (Lipinski definition) is 4. The minimum absolute atomic E-state index is 0.0935. The molecule has 1 aromatic heterocycles. The second kappa shape index (κ2) is 3.89. The molecule has 0 N–H and O–H groups in total. The SMILES string of the molecule is O=C1OCCc2c1cccc2-c1cnc(Cl)o1. The average molecular weight is 250 g/mol. The van der Waals surface area contributed by atoms with Crippen molar-refractivity contribution >= 4 is 17.6 Å². The third kappa shape index (κ3) is 1.70. The largest absolute Gasteiger partial charge is 0.462 e. The molecule has 0 fully saturated rings. The van der Waals surface area contributed by atoms with Gasteiger partial charge in [-0.15, -0.1) is 0 Å². The van der Waals surface area contributed by atoms with E-state index in [2.05, 4.69) is 4.98 Å². The lowest BCUT2D eigenvalue weighted by Crippen LogP contribution is -2.18. The molecule has 1 aromatic carbocycles. The van der Waals surface area contributed by atoms with E-state index in [-0.39, 0.29) is 11.3 Å². The number of halogens is 1. The van der Waals surface area contributed by atoms with Crippen LogP contribution in [-0.2, 0) is 11.2 Å². The second-order valence-corrected chi connectivity index (χ2v) is 4.02. The maximum absolute atomic E-state index is 11.6. The van der Waals surface area contributed by atoms with Crippen LogP contribution in [0.1, 0.15) is 15.9 Å². The van der Waals surface area contributed by atoms with Crippen molar-refractivity contribution in [1.29, 1.82) is 0 Å². The first-order chi connectivity index (χ1) is 8.25. The van der Waals surface area contributed by atoms with E-state index < -0.39 is 0 Å². The number of benzene rings is 1. The number of aromatic nitrogens is 1. The van der Waals surface area contributed by atoms with Crippen LogP contribution in [0.2, 0.25) is 5.35 Å². The van der Waals surface area contributed by atoms with Crippen molar-refractivity contribution in [2.75, 3.05) is 6.61 Å². The number of carbonyl (C=O) groups excluding carboxylic acids is 1. The summed E-state index contributed by atoms with van der Waals surface area (Å²) in [5.74, 6) is 0.278. The minimum atomic E-state index is -0.293. The molecular weight excluding hydrogens is 242 g/mol. The summed E-state index contributed by atoms with van der Waals surface area (Å²) in [6.07, 6.45) is 2.23. The molecule has 0 unspecified atom stereocenters. The summed E-state index contributed by atoms with van der Waals surface area (Å²) in [5, 5.41) is 0.0935. The summed E-state index contributed by atoms with van der Waals surface area (Å²) in [5.41, 5.74) is 2.36. The minimum Gasteiger partial charge on any atom is -0.462 e. The molecule has 0 amide bonds. The van der Waals surface area contributed by atoms with E-state index in [9.17, 15) is 4.79 Å². The molecule has 0 bridgehead atoms. The summed E-state index contributed by atoms with van der Waals surface area (Å²) in [4.78, 5) is 15.4. The molecule has 0 radical (unpaired) electrons. The van der Waals surface area contributed by atoms with E-state index >= 15 is 0 Å². The van der Waals surface area contributed by atoms with Gasteiger partial charge in [-0.3, -0.25) is 0 Å². The molecule has 3 rings (SSSR count).